The molecule has 1 aliphatic carbocycles. The van der Waals surface area contributed by atoms with Crippen LogP contribution in [0.1, 0.15) is 62.2 Å². The quantitative estimate of drug-likeness (QED) is 0.859. The molecule has 1 aliphatic heterocycles. The summed E-state index contributed by atoms with van der Waals surface area (Å²) in [5, 5.41) is 7.30. The van der Waals surface area contributed by atoms with Crippen LogP contribution in [-0.4, -0.2) is 28.5 Å². The Balaban J connectivity index is 1.44. The zero-order chi connectivity index (χ0) is 19.6. The predicted octanol–water partition coefficient (Wildman–Crippen LogP) is 3.02. The smallest absolute Gasteiger partial charge is 0.227 e. The van der Waals surface area contributed by atoms with Gasteiger partial charge >= 0.3 is 0 Å². The van der Waals surface area contributed by atoms with Crippen molar-refractivity contribution in [2.45, 2.75) is 63.8 Å². The Bertz CT molecular complexity index is 853. The molecule has 1 aromatic carbocycles. The van der Waals surface area contributed by atoms with Gasteiger partial charge in [-0.05, 0) is 37.0 Å². The molecule has 1 saturated heterocycles. The van der Waals surface area contributed by atoms with Crippen molar-refractivity contribution in [1.29, 1.82) is 0 Å². The van der Waals surface area contributed by atoms with Crippen molar-refractivity contribution in [2.24, 2.45) is 0 Å². The largest absolute Gasteiger partial charge is 0.343 e. The highest BCUT2D eigenvalue weighted by Gasteiger charge is 2.39. The van der Waals surface area contributed by atoms with Gasteiger partial charge in [0.25, 0.3) is 0 Å². The fourth-order valence-electron chi connectivity index (χ4n) is 4.26. The Morgan fingerprint density at radius 3 is 2.54 bits per heavy atom. The maximum Gasteiger partial charge on any atom is 0.227 e. The lowest BCUT2D eigenvalue weighted by atomic mass is 9.80. The highest BCUT2D eigenvalue weighted by Crippen LogP contribution is 2.35. The van der Waals surface area contributed by atoms with Gasteiger partial charge in [-0.3, -0.25) is 9.59 Å². The van der Waals surface area contributed by atoms with Crippen molar-refractivity contribution < 1.29 is 14.1 Å². The van der Waals surface area contributed by atoms with E-state index in [0.29, 0.717) is 18.1 Å². The van der Waals surface area contributed by atoms with Gasteiger partial charge in [-0.15, -0.1) is 0 Å². The molecule has 7 nitrogen and oxygen atoms in total. The summed E-state index contributed by atoms with van der Waals surface area (Å²) < 4.78 is 5.17. The Kier molecular flexibility index (Phi) is 5.15. The van der Waals surface area contributed by atoms with E-state index in [1.54, 1.807) is 11.8 Å². The minimum atomic E-state index is -0.533. The summed E-state index contributed by atoms with van der Waals surface area (Å²) in [4.78, 5) is 30.9. The lowest BCUT2D eigenvalue weighted by Crippen LogP contribution is -2.48. The lowest BCUT2D eigenvalue weighted by molar-refractivity contribution is -0.123. The first kappa shape index (κ1) is 18.7. The third-order valence-corrected chi connectivity index (χ3v) is 5.73. The van der Waals surface area contributed by atoms with E-state index in [0.717, 1.165) is 56.3 Å². The van der Waals surface area contributed by atoms with E-state index >= 15 is 0 Å². The molecule has 148 valence electrons. The highest BCUT2D eigenvalue weighted by atomic mass is 16.5. The third-order valence-electron chi connectivity index (χ3n) is 5.73. The average Bonchev–Trinajstić information content (AvgIpc) is 3.32. The average molecular weight is 382 g/mol. The van der Waals surface area contributed by atoms with Crippen LogP contribution in [0.2, 0.25) is 0 Å². The first-order chi connectivity index (χ1) is 13.6. The third kappa shape index (κ3) is 3.79. The maximum atomic E-state index is 12.8. The number of rotatable bonds is 5. The van der Waals surface area contributed by atoms with Crippen molar-refractivity contribution in [2.75, 3.05) is 11.4 Å². The molecule has 0 bridgehead atoms. The molecule has 2 amide bonds. The number of hydrogen-bond acceptors (Lipinski definition) is 5. The van der Waals surface area contributed by atoms with Crippen LogP contribution in [0.25, 0.3) is 0 Å². The van der Waals surface area contributed by atoms with Gasteiger partial charge in [0.2, 0.25) is 17.7 Å². The maximum absolute atomic E-state index is 12.8. The summed E-state index contributed by atoms with van der Waals surface area (Å²) in [7, 11) is 0. The summed E-state index contributed by atoms with van der Waals surface area (Å²) in [6.07, 6.45) is 6.68. The van der Waals surface area contributed by atoms with E-state index in [2.05, 4.69) is 15.5 Å². The van der Waals surface area contributed by atoms with Crippen LogP contribution in [0.3, 0.4) is 0 Å². The van der Waals surface area contributed by atoms with Gasteiger partial charge < -0.3 is 14.7 Å². The second-order valence-electron chi connectivity index (χ2n) is 7.82. The molecule has 0 atom stereocenters. The van der Waals surface area contributed by atoms with E-state index in [1.807, 2.05) is 24.3 Å². The molecule has 1 saturated carbocycles. The highest BCUT2D eigenvalue weighted by molar-refractivity contribution is 5.95. The molecule has 2 aliphatic rings. The molecule has 1 aromatic heterocycles. The van der Waals surface area contributed by atoms with Gasteiger partial charge in [-0.25, -0.2) is 0 Å². The number of nitrogens with zero attached hydrogens (tertiary/aromatic N) is 3. The van der Waals surface area contributed by atoms with Crippen LogP contribution in [0.4, 0.5) is 5.69 Å². The Morgan fingerprint density at radius 2 is 1.93 bits per heavy atom. The fraction of sp³-hybridized carbons (Fsp3) is 0.524. The van der Waals surface area contributed by atoms with E-state index in [9.17, 15) is 9.59 Å². The van der Waals surface area contributed by atoms with E-state index < -0.39 is 5.54 Å². The SMILES string of the molecule is Cc1nc(C2(NC(=O)Cc3ccc(N4CCCC4=O)cc3)CCCCC2)no1. The molecule has 0 unspecified atom stereocenters. The molecular weight excluding hydrogens is 356 g/mol. The van der Waals surface area contributed by atoms with Crippen LogP contribution < -0.4 is 10.2 Å². The first-order valence-corrected chi connectivity index (χ1v) is 10.1. The molecule has 0 spiro atoms. The van der Waals surface area contributed by atoms with Crippen molar-refractivity contribution >= 4 is 17.5 Å². The first-order valence-electron chi connectivity index (χ1n) is 10.1. The number of anilines is 1. The molecule has 7 heteroatoms. The van der Waals surface area contributed by atoms with Crippen LogP contribution >= 0.6 is 0 Å². The van der Waals surface area contributed by atoms with Gasteiger partial charge in [0.1, 0.15) is 5.54 Å². The Labute approximate surface area is 164 Å². The second-order valence-corrected chi connectivity index (χ2v) is 7.82. The Hall–Kier alpha value is -2.70. The standard InChI is InChI=1S/C21H26N4O3/c1-15-22-20(24-28-15)21(11-3-2-4-12-21)23-18(26)14-16-7-9-17(10-8-16)25-13-5-6-19(25)27/h7-10H,2-6,11-14H2,1H3,(H,23,26). The molecule has 28 heavy (non-hydrogen) atoms. The summed E-state index contributed by atoms with van der Waals surface area (Å²) in [6.45, 7) is 2.53. The molecule has 4 rings (SSSR count). The topological polar surface area (TPSA) is 88.3 Å². The number of amides is 2. The molecule has 2 aromatic rings. The zero-order valence-corrected chi connectivity index (χ0v) is 16.2. The summed E-state index contributed by atoms with van der Waals surface area (Å²) >= 11 is 0. The number of benzene rings is 1. The van der Waals surface area contributed by atoms with Gasteiger partial charge in [0.15, 0.2) is 5.82 Å². The number of aromatic nitrogens is 2. The van der Waals surface area contributed by atoms with Crippen molar-refractivity contribution in [1.82, 2.24) is 15.5 Å². The van der Waals surface area contributed by atoms with Crippen LogP contribution in [0.15, 0.2) is 28.8 Å². The number of aryl methyl sites for hydroxylation is 1. The molecule has 0 radical (unpaired) electrons. The minimum absolute atomic E-state index is 0.0469. The van der Waals surface area contributed by atoms with Gasteiger partial charge in [-0.2, -0.15) is 4.98 Å². The number of carbonyl (C=O) groups is 2. The van der Waals surface area contributed by atoms with Gasteiger partial charge in [0.05, 0.1) is 6.42 Å². The number of carbonyl (C=O) groups excluding carboxylic acids is 2. The normalized spacial score (nSPS) is 19.0. The van der Waals surface area contributed by atoms with Crippen molar-refractivity contribution in [3.05, 3.63) is 41.5 Å². The summed E-state index contributed by atoms with van der Waals surface area (Å²) in [5.41, 5.74) is 1.29. The van der Waals surface area contributed by atoms with Gasteiger partial charge in [0, 0.05) is 25.6 Å². The lowest BCUT2D eigenvalue weighted by Gasteiger charge is -2.35. The summed E-state index contributed by atoms with van der Waals surface area (Å²) in [6, 6.07) is 7.69. The minimum Gasteiger partial charge on any atom is -0.343 e. The van der Waals surface area contributed by atoms with E-state index in [-0.39, 0.29) is 18.2 Å². The molecule has 2 heterocycles. The fourth-order valence-corrected chi connectivity index (χ4v) is 4.26. The van der Waals surface area contributed by atoms with Gasteiger partial charge in [-0.1, -0.05) is 36.6 Å². The van der Waals surface area contributed by atoms with Crippen LogP contribution in [0, 0.1) is 6.92 Å². The number of hydrogen-bond donors (Lipinski definition) is 1. The van der Waals surface area contributed by atoms with E-state index in [4.69, 9.17) is 4.52 Å². The molecule has 2 fully saturated rings. The Morgan fingerprint density at radius 1 is 1.18 bits per heavy atom. The zero-order valence-electron chi connectivity index (χ0n) is 16.2. The number of nitrogens with one attached hydrogen (secondary N) is 1. The molecule has 1 N–H and O–H groups in total. The van der Waals surface area contributed by atoms with Crippen LogP contribution in [-0.2, 0) is 21.5 Å². The van der Waals surface area contributed by atoms with Crippen molar-refractivity contribution in [3.63, 3.8) is 0 Å². The molecular formula is C21H26N4O3. The summed E-state index contributed by atoms with van der Waals surface area (Å²) in [5.74, 6) is 1.22. The van der Waals surface area contributed by atoms with Crippen molar-refractivity contribution in [3.8, 4) is 0 Å². The monoisotopic (exact) mass is 382 g/mol. The van der Waals surface area contributed by atoms with E-state index in [1.165, 1.54) is 0 Å². The predicted molar refractivity (Wildman–Crippen MR) is 104 cm³/mol. The van der Waals surface area contributed by atoms with Crippen LogP contribution in [0.5, 0.6) is 0 Å². The second kappa shape index (κ2) is 7.73.